The van der Waals surface area contributed by atoms with Gasteiger partial charge in [-0.1, -0.05) is 25.1 Å². The van der Waals surface area contributed by atoms with E-state index >= 15 is 0 Å². The third-order valence-corrected chi connectivity index (χ3v) is 2.62. The van der Waals surface area contributed by atoms with Gasteiger partial charge in [-0.3, -0.25) is 0 Å². The van der Waals surface area contributed by atoms with Crippen LogP contribution >= 0.6 is 0 Å². The van der Waals surface area contributed by atoms with E-state index in [9.17, 15) is 0 Å². The summed E-state index contributed by atoms with van der Waals surface area (Å²) >= 11 is 0. The molecule has 0 saturated carbocycles. The minimum absolute atomic E-state index is 0.217. The number of para-hydroxylation sites is 1. The molecule has 2 N–H and O–H groups in total. The number of aliphatic hydroxyl groups is 1. The van der Waals surface area contributed by atoms with Crippen molar-refractivity contribution in [2.45, 2.75) is 19.8 Å². The third-order valence-electron chi connectivity index (χ3n) is 2.62. The molecule has 0 aliphatic carbocycles. The molecular formula is C12H15NO. The van der Waals surface area contributed by atoms with Gasteiger partial charge in [-0.05, 0) is 24.5 Å². The Balaban J connectivity index is 2.61. The number of rotatable bonds is 3. The summed E-state index contributed by atoms with van der Waals surface area (Å²) in [6.07, 6.45) is 1.73. The zero-order valence-electron chi connectivity index (χ0n) is 8.38. The summed E-state index contributed by atoms with van der Waals surface area (Å²) in [6.45, 7) is 2.35. The van der Waals surface area contributed by atoms with E-state index in [1.165, 1.54) is 22.2 Å². The van der Waals surface area contributed by atoms with Crippen molar-refractivity contribution in [1.82, 2.24) is 4.98 Å². The summed E-state index contributed by atoms with van der Waals surface area (Å²) in [5.74, 6) is 0. The average molecular weight is 189 g/mol. The molecule has 0 aliphatic heterocycles. The lowest BCUT2D eigenvalue weighted by Crippen LogP contribution is -1.93. The lowest BCUT2D eigenvalue weighted by molar-refractivity contribution is 0.299. The number of aromatic amines is 1. The van der Waals surface area contributed by atoms with Gasteiger partial charge < -0.3 is 10.1 Å². The lowest BCUT2D eigenvalue weighted by Gasteiger charge is -1.99. The second kappa shape index (κ2) is 3.84. The SMILES string of the molecule is CCc1[nH]c2ccccc2c1CCO. The monoisotopic (exact) mass is 189 g/mol. The van der Waals surface area contributed by atoms with Gasteiger partial charge in [-0.15, -0.1) is 0 Å². The molecule has 2 heteroatoms. The summed E-state index contributed by atoms with van der Waals surface area (Å²) in [6, 6.07) is 8.25. The van der Waals surface area contributed by atoms with E-state index in [1.54, 1.807) is 0 Å². The van der Waals surface area contributed by atoms with Crippen LogP contribution in [0.2, 0.25) is 0 Å². The summed E-state index contributed by atoms with van der Waals surface area (Å²) in [7, 11) is 0. The van der Waals surface area contributed by atoms with Crippen LogP contribution in [-0.4, -0.2) is 16.7 Å². The van der Waals surface area contributed by atoms with Crippen molar-refractivity contribution in [3.05, 3.63) is 35.5 Å². The van der Waals surface area contributed by atoms with Crippen LogP contribution < -0.4 is 0 Å². The standard InChI is InChI=1S/C12H15NO/c1-2-11-10(7-8-14)9-5-3-4-6-12(9)13-11/h3-6,13-14H,2,7-8H2,1H3. The fourth-order valence-corrected chi connectivity index (χ4v) is 1.95. The first-order valence-corrected chi connectivity index (χ1v) is 5.06. The van der Waals surface area contributed by atoms with Gasteiger partial charge in [0.05, 0.1) is 0 Å². The van der Waals surface area contributed by atoms with E-state index in [1.807, 2.05) is 12.1 Å². The molecule has 0 bridgehead atoms. The highest BCUT2D eigenvalue weighted by molar-refractivity contribution is 5.84. The Morgan fingerprint density at radius 2 is 2.07 bits per heavy atom. The third kappa shape index (κ3) is 1.42. The van der Waals surface area contributed by atoms with Crippen LogP contribution in [-0.2, 0) is 12.8 Å². The quantitative estimate of drug-likeness (QED) is 0.763. The van der Waals surface area contributed by atoms with Gasteiger partial charge in [0.15, 0.2) is 0 Å². The highest BCUT2D eigenvalue weighted by Gasteiger charge is 2.08. The smallest absolute Gasteiger partial charge is 0.0472 e. The predicted octanol–water partition coefficient (Wildman–Crippen LogP) is 2.27. The molecule has 74 valence electrons. The summed E-state index contributed by atoms with van der Waals surface area (Å²) < 4.78 is 0. The summed E-state index contributed by atoms with van der Waals surface area (Å²) in [5.41, 5.74) is 3.69. The van der Waals surface area contributed by atoms with Crippen LogP contribution in [0.4, 0.5) is 0 Å². The van der Waals surface area contributed by atoms with E-state index in [0.29, 0.717) is 0 Å². The van der Waals surface area contributed by atoms with Gasteiger partial charge >= 0.3 is 0 Å². The van der Waals surface area contributed by atoms with Crippen molar-refractivity contribution >= 4 is 10.9 Å². The van der Waals surface area contributed by atoms with Gasteiger partial charge in [0, 0.05) is 23.2 Å². The van der Waals surface area contributed by atoms with Crippen LogP contribution in [0.1, 0.15) is 18.2 Å². The molecule has 0 radical (unpaired) electrons. The van der Waals surface area contributed by atoms with E-state index < -0.39 is 0 Å². The number of benzene rings is 1. The molecule has 0 saturated heterocycles. The number of aryl methyl sites for hydroxylation is 1. The van der Waals surface area contributed by atoms with Gasteiger partial charge in [-0.25, -0.2) is 0 Å². The number of H-pyrrole nitrogens is 1. The van der Waals surface area contributed by atoms with E-state index in [-0.39, 0.29) is 6.61 Å². The maximum atomic E-state index is 9.00. The molecule has 2 rings (SSSR count). The first-order valence-electron chi connectivity index (χ1n) is 5.06. The Labute approximate surface area is 83.6 Å². The Morgan fingerprint density at radius 3 is 2.79 bits per heavy atom. The number of aliphatic hydroxyl groups excluding tert-OH is 1. The lowest BCUT2D eigenvalue weighted by atomic mass is 10.1. The van der Waals surface area contributed by atoms with Crippen LogP contribution in [0.25, 0.3) is 10.9 Å². The average Bonchev–Trinajstić information content (AvgIpc) is 2.58. The first kappa shape index (κ1) is 9.28. The fourth-order valence-electron chi connectivity index (χ4n) is 1.95. The van der Waals surface area contributed by atoms with Crippen LogP contribution in [0, 0.1) is 0 Å². The molecular weight excluding hydrogens is 174 g/mol. The van der Waals surface area contributed by atoms with Crippen molar-refractivity contribution < 1.29 is 5.11 Å². The second-order valence-corrected chi connectivity index (χ2v) is 3.45. The maximum Gasteiger partial charge on any atom is 0.0472 e. The summed E-state index contributed by atoms with van der Waals surface area (Å²) in [5, 5.41) is 10.3. The minimum Gasteiger partial charge on any atom is -0.396 e. The topological polar surface area (TPSA) is 36.0 Å². The molecule has 2 nitrogen and oxygen atoms in total. The largest absolute Gasteiger partial charge is 0.396 e. The molecule has 0 atom stereocenters. The maximum absolute atomic E-state index is 9.00. The molecule has 14 heavy (non-hydrogen) atoms. The Bertz CT molecular complexity index is 431. The molecule has 1 aromatic carbocycles. The number of fused-ring (bicyclic) bond motifs is 1. The van der Waals surface area contributed by atoms with Crippen molar-refractivity contribution in [3.8, 4) is 0 Å². The Morgan fingerprint density at radius 1 is 1.29 bits per heavy atom. The van der Waals surface area contributed by atoms with Crippen molar-refractivity contribution in [2.24, 2.45) is 0 Å². The van der Waals surface area contributed by atoms with E-state index in [0.717, 1.165) is 12.8 Å². The number of aromatic nitrogens is 1. The zero-order chi connectivity index (χ0) is 9.97. The van der Waals surface area contributed by atoms with E-state index in [4.69, 9.17) is 5.11 Å². The first-order chi connectivity index (χ1) is 6.86. The van der Waals surface area contributed by atoms with E-state index in [2.05, 4.69) is 24.0 Å². The minimum atomic E-state index is 0.217. The van der Waals surface area contributed by atoms with Crippen LogP contribution in [0.15, 0.2) is 24.3 Å². The molecule has 0 spiro atoms. The zero-order valence-corrected chi connectivity index (χ0v) is 8.38. The van der Waals surface area contributed by atoms with Gasteiger partial charge in [0.2, 0.25) is 0 Å². The molecule has 0 amide bonds. The molecule has 2 aromatic rings. The number of hydrogen-bond acceptors (Lipinski definition) is 1. The summed E-state index contributed by atoms with van der Waals surface area (Å²) in [4.78, 5) is 3.39. The molecule has 0 unspecified atom stereocenters. The van der Waals surface area contributed by atoms with Gasteiger partial charge in [-0.2, -0.15) is 0 Å². The molecule has 1 aromatic heterocycles. The predicted molar refractivity (Wildman–Crippen MR) is 58.5 cm³/mol. The Hall–Kier alpha value is -1.28. The van der Waals surface area contributed by atoms with Crippen LogP contribution in [0.3, 0.4) is 0 Å². The number of nitrogens with one attached hydrogen (secondary N) is 1. The highest BCUT2D eigenvalue weighted by Crippen LogP contribution is 2.22. The van der Waals surface area contributed by atoms with Crippen LogP contribution in [0.5, 0.6) is 0 Å². The molecule has 0 aliphatic rings. The second-order valence-electron chi connectivity index (χ2n) is 3.45. The van der Waals surface area contributed by atoms with Gasteiger partial charge in [0.25, 0.3) is 0 Å². The highest BCUT2D eigenvalue weighted by atomic mass is 16.2. The van der Waals surface area contributed by atoms with Crippen molar-refractivity contribution in [3.63, 3.8) is 0 Å². The fraction of sp³-hybridized carbons (Fsp3) is 0.333. The normalized spacial score (nSPS) is 11.0. The van der Waals surface area contributed by atoms with Gasteiger partial charge in [0.1, 0.15) is 0 Å². The van der Waals surface area contributed by atoms with Crippen molar-refractivity contribution in [2.75, 3.05) is 6.61 Å². The molecule has 0 fully saturated rings. The van der Waals surface area contributed by atoms with Crippen molar-refractivity contribution in [1.29, 1.82) is 0 Å². The molecule has 1 heterocycles. The Kier molecular flexibility index (Phi) is 2.55. The number of hydrogen-bond donors (Lipinski definition) is 2.